The van der Waals surface area contributed by atoms with Crippen molar-refractivity contribution in [2.45, 2.75) is 17.6 Å². The van der Waals surface area contributed by atoms with Crippen molar-refractivity contribution in [3.8, 4) is 0 Å². The Kier molecular flexibility index (Phi) is 4.89. The molecule has 2 aromatic heterocycles. The highest BCUT2D eigenvalue weighted by Crippen LogP contribution is 2.32. The first-order valence-electron chi connectivity index (χ1n) is 7.50. The number of benzene rings is 1. The molecule has 0 bridgehead atoms. The van der Waals surface area contributed by atoms with Crippen LogP contribution in [0.2, 0.25) is 0 Å². The molecule has 2 N–H and O–H groups in total. The summed E-state index contributed by atoms with van der Waals surface area (Å²) in [6.45, 7) is 1.86. The molecule has 3 rings (SSSR count). The third kappa shape index (κ3) is 3.45. The summed E-state index contributed by atoms with van der Waals surface area (Å²) in [6.07, 6.45) is 3.54. The van der Waals surface area contributed by atoms with Crippen molar-refractivity contribution in [3.63, 3.8) is 0 Å². The van der Waals surface area contributed by atoms with E-state index in [4.69, 9.17) is 0 Å². The topological polar surface area (TPSA) is 62.2 Å². The molecule has 6 heteroatoms. The van der Waals surface area contributed by atoms with Gasteiger partial charge in [-0.25, -0.2) is 4.98 Å². The first kappa shape index (κ1) is 17.0. The van der Waals surface area contributed by atoms with Crippen LogP contribution in [0.15, 0.2) is 53.7 Å². The summed E-state index contributed by atoms with van der Waals surface area (Å²) in [5.41, 5.74) is -0.599. The summed E-state index contributed by atoms with van der Waals surface area (Å²) in [7, 11) is 0. The van der Waals surface area contributed by atoms with Gasteiger partial charge in [0.05, 0.1) is 12.1 Å². The van der Waals surface area contributed by atoms with E-state index in [2.05, 4.69) is 10.3 Å². The molecule has 124 valence electrons. The number of rotatable bonds is 5. The highest BCUT2D eigenvalue weighted by Gasteiger charge is 2.26. The van der Waals surface area contributed by atoms with Gasteiger partial charge in [0.2, 0.25) is 0 Å². The molecule has 1 amide bonds. The lowest BCUT2D eigenvalue weighted by atomic mass is 10.0. The number of thiophene rings is 1. The number of carbonyl (C=O) groups excluding carboxylic acids is 1. The van der Waals surface area contributed by atoms with Gasteiger partial charge in [-0.15, -0.1) is 23.1 Å². The van der Waals surface area contributed by atoms with Crippen molar-refractivity contribution >= 4 is 39.1 Å². The van der Waals surface area contributed by atoms with Crippen molar-refractivity contribution in [2.75, 3.05) is 12.8 Å². The van der Waals surface area contributed by atoms with Gasteiger partial charge in [0.25, 0.3) is 5.91 Å². The molecule has 0 radical (unpaired) electrons. The van der Waals surface area contributed by atoms with Crippen molar-refractivity contribution in [2.24, 2.45) is 0 Å². The third-order valence-electron chi connectivity index (χ3n) is 3.76. The molecule has 0 spiro atoms. The van der Waals surface area contributed by atoms with E-state index in [0.717, 1.165) is 15.0 Å². The van der Waals surface area contributed by atoms with Crippen molar-refractivity contribution in [1.82, 2.24) is 10.3 Å². The Morgan fingerprint density at radius 1 is 1.33 bits per heavy atom. The lowest BCUT2D eigenvalue weighted by Gasteiger charge is -2.22. The number of aromatic nitrogens is 1. The Hall–Kier alpha value is -1.89. The zero-order chi connectivity index (χ0) is 17.2. The van der Waals surface area contributed by atoms with Crippen molar-refractivity contribution < 1.29 is 9.90 Å². The van der Waals surface area contributed by atoms with Gasteiger partial charge in [0, 0.05) is 15.8 Å². The maximum Gasteiger partial charge on any atom is 0.254 e. The molecule has 0 aliphatic carbocycles. The average molecular weight is 358 g/mol. The summed E-state index contributed by atoms with van der Waals surface area (Å²) in [5.74, 6) is -0.228. The Balaban J connectivity index is 1.76. The Morgan fingerprint density at radius 3 is 2.88 bits per heavy atom. The predicted octanol–water partition coefficient (Wildman–Crippen LogP) is 3.66. The zero-order valence-corrected chi connectivity index (χ0v) is 15.1. The number of fused-ring (bicyclic) bond motifs is 1. The number of pyridine rings is 1. The summed E-state index contributed by atoms with van der Waals surface area (Å²) < 4.78 is 1.12. The fourth-order valence-corrected chi connectivity index (χ4v) is 4.06. The van der Waals surface area contributed by atoms with E-state index in [-0.39, 0.29) is 12.5 Å². The van der Waals surface area contributed by atoms with Gasteiger partial charge in [-0.1, -0.05) is 18.2 Å². The zero-order valence-electron chi connectivity index (χ0n) is 13.4. The van der Waals surface area contributed by atoms with Crippen LogP contribution in [0, 0.1) is 0 Å². The van der Waals surface area contributed by atoms with Crippen LogP contribution in [0.5, 0.6) is 0 Å². The van der Waals surface area contributed by atoms with Crippen molar-refractivity contribution in [1.29, 1.82) is 0 Å². The molecule has 3 aromatic rings. The Morgan fingerprint density at radius 2 is 2.12 bits per heavy atom. The average Bonchev–Trinajstić information content (AvgIpc) is 3.05. The molecule has 4 nitrogen and oxygen atoms in total. The van der Waals surface area contributed by atoms with Crippen LogP contribution in [0.25, 0.3) is 10.1 Å². The quantitative estimate of drug-likeness (QED) is 0.683. The first-order chi connectivity index (χ1) is 11.5. The molecule has 0 saturated heterocycles. The second kappa shape index (κ2) is 6.93. The number of carbonyl (C=O) groups is 1. The van der Waals surface area contributed by atoms with E-state index in [9.17, 15) is 9.90 Å². The molecule has 2 heterocycles. The van der Waals surface area contributed by atoms with E-state index >= 15 is 0 Å². The van der Waals surface area contributed by atoms with E-state index in [1.807, 2.05) is 36.6 Å². The molecule has 0 saturated carbocycles. The number of nitrogens with zero attached hydrogens (tertiary/aromatic N) is 1. The SMILES string of the molecule is CSc1ncccc1C(=O)NCC(C)(O)c1cc2ccccc2s1. The summed E-state index contributed by atoms with van der Waals surface area (Å²) >= 11 is 2.97. The first-order valence-corrected chi connectivity index (χ1v) is 9.54. The van der Waals surface area contributed by atoms with Crippen molar-refractivity contribution in [3.05, 3.63) is 59.1 Å². The normalized spacial score (nSPS) is 13.6. The number of nitrogens with one attached hydrogen (secondary N) is 1. The minimum absolute atomic E-state index is 0.140. The molecule has 1 atom stereocenters. The minimum atomic E-state index is -1.12. The van der Waals surface area contributed by atoms with Gasteiger partial charge in [-0.2, -0.15) is 0 Å². The second-order valence-electron chi connectivity index (χ2n) is 5.67. The number of amides is 1. The number of hydrogen-bond acceptors (Lipinski definition) is 5. The van der Waals surface area contributed by atoms with E-state index in [0.29, 0.717) is 10.6 Å². The molecule has 0 aliphatic heterocycles. The molecule has 0 aliphatic rings. The Bertz CT molecular complexity index is 841. The van der Waals surface area contributed by atoms with Crippen LogP contribution in [0.4, 0.5) is 0 Å². The summed E-state index contributed by atoms with van der Waals surface area (Å²) in [4.78, 5) is 17.4. The maximum atomic E-state index is 12.4. The monoisotopic (exact) mass is 358 g/mol. The smallest absolute Gasteiger partial charge is 0.254 e. The second-order valence-corrected chi connectivity index (χ2v) is 7.54. The van der Waals surface area contributed by atoms with Crippen LogP contribution in [0.1, 0.15) is 22.2 Å². The molecule has 24 heavy (non-hydrogen) atoms. The van der Waals surface area contributed by atoms with Crippen LogP contribution < -0.4 is 5.32 Å². The van der Waals surface area contributed by atoms with Crippen LogP contribution in [-0.2, 0) is 5.60 Å². The van der Waals surface area contributed by atoms with Gasteiger partial charge in [-0.3, -0.25) is 4.79 Å². The molecule has 1 aromatic carbocycles. The van der Waals surface area contributed by atoms with Gasteiger partial charge in [-0.05, 0) is 42.8 Å². The molecule has 1 unspecified atom stereocenters. The maximum absolute atomic E-state index is 12.4. The largest absolute Gasteiger partial charge is 0.383 e. The summed E-state index contributed by atoms with van der Waals surface area (Å²) in [6, 6.07) is 13.4. The fraction of sp³-hybridized carbons (Fsp3) is 0.222. The number of thioether (sulfide) groups is 1. The molecule has 0 fully saturated rings. The highest BCUT2D eigenvalue weighted by molar-refractivity contribution is 7.98. The third-order valence-corrected chi connectivity index (χ3v) is 5.84. The van der Waals surface area contributed by atoms with Gasteiger partial charge >= 0.3 is 0 Å². The Labute approximate surface area is 148 Å². The summed E-state index contributed by atoms with van der Waals surface area (Å²) in [5, 5.41) is 15.4. The fourth-order valence-electron chi connectivity index (χ4n) is 2.41. The highest BCUT2D eigenvalue weighted by atomic mass is 32.2. The van der Waals surface area contributed by atoms with E-state index in [1.165, 1.54) is 11.8 Å². The molecular weight excluding hydrogens is 340 g/mol. The predicted molar refractivity (Wildman–Crippen MR) is 99.7 cm³/mol. The van der Waals surface area contributed by atoms with Crippen LogP contribution in [-0.4, -0.2) is 28.8 Å². The van der Waals surface area contributed by atoms with E-state index in [1.54, 1.807) is 36.6 Å². The van der Waals surface area contributed by atoms with Crippen LogP contribution >= 0.6 is 23.1 Å². The minimum Gasteiger partial charge on any atom is -0.383 e. The number of hydrogen-bond donors (Lipinski definition) is 2. The number of aliphatic hydroxyl groups is 1. The lowest BCUT2D eigenvalue weighted by molar-refractivity contribution is 0.0556. The molecular formula is C18H18N2O2S2. The standard InChI is InChI=1S/C18H18N2O2S2/c1-18(22,15-10-12-6-3-4-8-14(12)24-15)11-20-16(21)13-7-5-9-19-17(13)23-2/h3-10,22H,11H2,1-2H3,(H,20,21). The van der Waals surface area contributed by atoms with Gasteiger partial charge in [0.15, 0.2) is 0 Å². The van der Waals surface area contributed by atoms with Crippen LogP contribution in [0.3, 0.4) is 0 Å². The lowest BCUT2D eigenvalue weighted by Crippen LogP contribution is -2.38. The van der Waals surface area contributed by atoms with Gasteiger partial charge < -0.3 is 10.4 Å². The van der Waals surface area contributed by atoms with E-state index < -0.39 is 5.60 Å². The van der Waals surface area contributed by atoms with Gasteiger partial charge in [0.1, 0.15) is 10.6 Å².